The number of rotatable bonds is 4. The van der Waals surface area contributed by atoms with Crippen LogP contribution in [-0.2, 0) is 6.54 Å². The summed E-state index contributed by atoms with van der Waals surface area (Å²) in [5, 5.41) is 8.92. The molecule has 1 unspecified atom stereocenters. The Kier molecular flexibility index (Phi) is 3.74. The average molecular weight is 221 g/mol. The van der Waals surface area contributed by atoms with Crippen molar-refractivity contribution < 1.29 is 5.11 Å². The van der Waals surface area contributed by atoms with Crippen molar-refractivity contribution in [2.24, 2.45) is 11.7 Å². The van der Waals surface area contributed by atoms with E-state index in [4.69, 9.17) is 10.8 Å². The molecule has 1 atom stereocenters. The van der Waals surface area contributed by atoms with Crippen molar-refractivity contribution in [3.8, 4) is 0 Å². The van der Waals surface area contributed by atoms with Crippen LogP contribution in [0.2, 0.25) is 0 Å². The highest BCUT2D eigenvalue weighted by Gasteiger charge is 2.22. The molecule has 0 aromatic carbocycles. The minimum atomic E-state index is 0.295. The number of pyridine rings is 1. The predicted octanol–water partition coefficient (Wildman–Crippen LogP) is 0.749. The molecule has 1 saturated heterocycles. The first kappa shape index (κ1) is 11.4. The number of aliphatic hydroxyl groups is 1. The molecule has 0 aliphatic carbocycles. The molecule has 4 heteroatoms. The number of hydrogen-bond donors (Lipinski definition) is 2. The minimum Gasteiger partial charge on any atom is -0.396 e. The van der Waals surface area contributed by atoms with E-state index in [2.05, 4.69) is 16.0 Å². The molecule has 0 saturated carbocycles. The van der Waals surface area contributed by atoms with Crippen molar-refractivity contribution in [2.75, 3.05) is 24.6 Å². The lowest BCUT2D eigenvalue weighted by Gasteiger charge is -2.19. The molecule has 2 rings (SSSR count). The summed E-state index contributed by atoms with van der Waals surface area (Å²) in [4.78, 5) is 6.54. The molecule has 1 fully saturated rings. The van der Waals surface area contributed by atoms with Crippen LogP contribution in [0.3, 0.4) is 0 Å². The maximum atomic E-state index is 8.92. The summed E-state index contributed by atoms with van der Waals surface area (Å²) in [6.07, 6.45) is 3.89. The van der Waals surface area contributed by atoms with Gasteiger partial charge in [0.2, 0.25) is 0 Å². The third-order valence-electron chi connectivity index (χ3n) is 3.20. The lowest BCUT2D eigenvalue weighted by atomic mass is 10.1. The zero-order valence-electron chi connectivity index (χ0n) is 9.47. The number of aromatic nitrogens is 1. The first-order chi connectivity index (χ1) is 7.83. The second-order valence-electron chi connectivity index (χ2n) is 4.32. The van der Waals surface area contributed by atoms with Crippen molar-refractivity contribution in [1.82, 2.24) is 4.98 Å². The van der Waals surface area contributed by atoms with Crippen LogP contribution in [0.4, 0.5) is 5.69 Å². The van der Waals surface area contributed by atoms with Crippen LogP contribution in [0.15, 0.2) is 18.3 Å². The van der Waals surface area contributed by atoms with Crippen LogP contribution in [-0.4, -0.2) is 29.8 Å². The van der Waals surface area contributed by atoms with Crippen molar-refractivity contribution >= 4 is 5.69 Å². The molecule has 16 heavy (non-hydrogen) atoms. The lowest BCUT2D eigenvalue weighted by molar-refractivity contribution is 0.263. The van der Waals surface area contributed by atoms with Gasteiger partial charge in [-0.15, -0.1) is 0 Å². The molecule has 1 aromatic rings. The van der Waals surface area contributed by atoms with Gasteiger partial charge in [0, 0.05) is 38.1 Å². The molecule has 1 aliphatic heterocycles. The van der Waals surface area contributed by atoms with E-state index in [1.807, 2.05) is 12.3 Å². The topological polar surface area (TPSA) is 62.4 Å². The quantitative estimate of drug-likeness (QED) is 0.787. The van der Waals surface area contributed by atoms with Gasteiger partial charge >= 0.3 is 0 Å². The minimum absolute atomic E-state index is 0.295. The SMILES string of the molecule is NCc1cc(N2CCC(CCO)C2)ccn1. The van der Waals surface area contributed by atoms with Crippen LogP contribution >= 0.6 is 0 Å². The van der Waals surface area contributed by atoms with Gasteiger partial charge in [-0.3, -0.25) is 4.98 Å². The molecule has 88 valence electrons. The summed E-state index contributed by atoms with van der Waals surface area (Å²) in [5.41, 5.74) is 7.72. The van der Waals surface area contributed by atoms with Gasteiger partial charge in [0.25, 0.3) is 0 Å². The van der Waals surface area contributed by atoms with Crippen molar-refractivity contribution in [2.45, 2.75) is 19.4 Å². The Hall–Kier alpha value is -1.13. The summed E-state index contributed by atoms with van der Waals surface area (Å²) in [7, 11) is 0. The molecule has 0 amide bonds. The normalized spacial score (nSPS) is 20.4. The van der Waals surface area contributed by atoms with Crippen LogP contribution in [0.5, 0.6) is 0 Å². The maximum absolute atomic E-state index is 8.92. The molecule has 1 aromatic heterocycles. The molecule has 1 aliphatic rings. The fourth-order valence-electron chi connectivity index (χ4n) is 2.26. The van der Waals surface area contributed by atoms with Gasteiger partial charge in [0.1, 0.15) is 0 Å². The monoisotopic (exact) mass is 221 g/mol. The standard InChI is InChI=1S/C12H19N3O/c13-8-11-7-12(1-4-14-11)15-5-2-10(9-15)3-6-16/h1,4,7,10,16H,2-3,5-6,8-9,13H2. The van der Waals surface area contributed by atoms with Gasteiger partial charge in [-0.05, 0) is 30.9 Å². The van der Waals surface area contributed by atoms with Crippen molar-refractivity contribution in [1.29, 1.82) is 0 Å². The summed E-state index contributed by atoms with van der Waals surface area (Å²) in [5.74, 6) is 0.625. The summed E-state index contributed by atoms with van der Waals surface area (Å²) >= 11 is 0. The summed E-state index contributed by atoms with van der Waals surface area (Å²) in [6.45, 7) is 2.89. The Morgan fingerprint density at radius 1 is 1.56 bits per heavy atom. The van der Waals surface area contributed by atoms with Gasteiger partial charge in [-0.2, -0.15) is 0 Å². The first-order valence-corrected chi connectivity index (χ1v) is 5.84. The molecule has 3 N–H and O–H groups in total. The Morgan fingerprint density at radius 2 is 2.44 bits per heavy atom. The van der Waals surface area contributed by atoms with E-state index in [-0.39, 0.29) is 0 Å². The second-order valence-corrected chi connectivity index (χ2v) is 4.32. The highest BCUT2D eigenvalue weighted by atomic mass is 16.3. The summed E-state index contributed by atoms with van der Waals surface area (Å²) < 4.78 is 0. The van der Waals surface area contributed by atoms with Gasteiger partial charge in [0.15, 0.2) is 0 Å². The molecule has 0 spiro atoms. The largest absolute Gasteiger partial charge is 0.396 e. The zero-order valence-corrected chi connectivity index (χ0v) is 9.47. The van der Waals surface area contributed by atoms with Gasteiger partial charge < -0.3 is 15.7 Å². The maximum Gasteiger partial charge on any atom is 0.0560 e. The van der Waals surface area contributed by atoms with E-state index in [1.165, 1.54) is 12.1 Å². The smallest absolute Gasteiger partial charge is 0.0560 e. The molecule has 2 heterocycles. The van der Waals surface area contributed by atoms with E-state index in [9.17, 15) is 0 Å². The zero-order chi connectivity index (χ0) is 11.4. The highest BCUT2D eigenvalue weighted by Crippen LogP contribution is 2.25. The third kappa shape index (κ3) is 2.51. The Balaban J connectivity index is 2.02. The van der Waals surface area contributed by atoms with E-state index in [0.29, 0.717) is 19.1 Å². The van der Waals surface area contributed by atoms with Gasteiger partial charge in [-0.25, -0.2) is 0 Å². The Bertz CT molecular complexity index is 343. The Morgan fingerprint density at radius 3 is 3.19 bits per heavy atom. The third-order valence-corrected chi connectivity index (χ3v) is 3.20. The number of nitrogens with two attached hydrogens (primary N) is 1. The highest BCUT2D eigenvalue weighted by molar-refractivity contribution is 5.47. The lowest BCUT2D eigenvalue weighted by Crippen LogP contribution is -2.20. The molecular weight excluding hydrogens is 202 g/mol. The van der Waals surface area contributed by atoms with Crippen LogP contribution in [0.1, 0.15) is 18.5 Å². The Labute approximate surface area is 96.1 Å². The number of aliphatic hydroxyl groups excluding tert-OH is 1. The molecular formula is C12H19N3O. The molecule has 4 nitrogen and oxygen atoms in total. The van der Waals surface area contributed by atoms with Crippen molar-refractivity contribution in [3.63, 3.8) is 0 Å². The van der Waals surface area contributed by atoms with E-state index in [0.717, 1.165) is 25.2 Å². The number of hydrogen-bond acceptors (Lipinski definition) is 4. The fraction of sp³-hybridized carbons (Fsp3) is 0.583. The first-order valence-electron chi connectivity index (χ1n) is 5.84. The van der Waals surface area contributed by atoms with E-state index >= 15 is 0 Å². The fourth-order valence-corrected chi connectivity index (χ4v) is 2.26. The second kappa shape index (κ2) is 5.27. The predicted molar refractivity (Wildman–Crippen MR) is 64.2 cm³/mol. The van der Waals surface area contributed by atoms with Crippen molar-refractivity contribution in [3.05, 3.63) is 24.0 Å². The van der Waals surface area contributed by atoms with Gasteiger partial charge in [-0.1, -0.05) is 0 Å². The van der Waals surface area contributed by atoms with E-state index in [1.54, 1.807) is 0 Å². The molecule has 0 bridgehead atoms. The molecule has 0 radical (unpaired) electrons. The average Bonchev–Trinajstić information content (AvgIpc) is 2.78. The number of nitrogens with zero attached hydrogens (tertiary/aromatic N) is 2. The van der Waals surface area contributed by atoms with Gasteiger partial charge in [0.05, 0.1) is 5.69 Å². The van der Waals surface area contributed by atoms with E-state index < -0.39 is 0 Å². The summed E-state index contributed by atoms with van der Waals surface area (Å²) in [6, 6.07) is 4.09. The van der Waals surface area contributed by atoms with Crippen LogP contribution in [0, 0.1) is 5.92 Å². The number of anilines is 1. The van der Waals surface area contributed by atoms with Crippen LogP contribution in [0.25, 0.3) is 0 Å². The van der Waals surface area contributed by atoms with Crippen LogP contribution < -0.4 is 10.6 Å².